The molecule has 1 fully saturated rings. The van der Waals surface area contributed by atoms with Crippen LogP contribution in [0.2, 0.25) is 0 Å². The Morgan fingerprint density at radius 3 is 2.67 bits per heavy atom. The summed E-state index contributed by atoms with van der Waals surface area (Å²) in [6, 6.07) is 5.76. The van der Waals surface area contributed by atoms with Gasteiger partial charge in [0.05, 0.1) is 19.3 Å². The van der Waals surface area contributed by atoms with Gasteiger partial charge in [-0.25, -0.2) is 9.97 Å². The highest BCUT2D eigenvalue weighted by atomic mass is 127. The van der Waals surface area contributed by atoms with E-state index in [-0.39, 0.29) is 24.0 Å². The van der Waals surface area contributed by atoms with Gasteiger partial charge in [-0.15, -0.1) is 24.0 Å². The number of pyridine rings is 1. The number of aliphatic imine (C=N–C) groups is 1. The van der Waals surface area contributed by atoms with Crippen molar-refractivity contribution in [3.05, 3.63) is 29.7 Å². The van der Waals surface area contributed by atoms with Crippen molar-refractivity contribution in [2.24, 2.45) is 4.99 Å². The molecule has 0 radical (unpaired) electrons. The van der Waals surface area contributed by atoms with Crippen LogP contribution < -0.4 is 15.0 Å². The second-order valence-corrected chi connectivity index (χ2v) is 6.62. The Balaban J connectivity index is 0.00000261. The molecular formula is C17H26IN7OS. The molecule has 1 N–H and O–H groups in total. The Morgan fingerprint density at radius 1 is 1.26 bits per heavy atom. The summed E-state index contributed by atoms with van der Waals surface area (Å²) < 4.78 is 9.55. The first-order valence-electron chi connectivity index (χ1n) is 8.76. The molecule has 0 spiro atoms. The maximum absolute atomic E-state index is 5.17. The Morgan fingerprint density at radius 2 is 2.04 bits per heavy atom. The first-order chi connectivity index (χ1) is 12.7. The van der Waals surface area contributed by atoms with E-state index in [1.807, 2.05) is 25.2 Å². The first kappa shape index (κ1) is 21.6. The summed E-state index contributed by atoms with van der Waals surface area (Å²) >= 11 is 1.49. The van der Waals surface area contributed by atoms with Gasteiger partial charge < -0.3 is 19.9 Å². The van der Waals surface area contributed by atoms with Gasteiger partial charge in [-0.3, -0.25) is 4.99 Å². The molecule has 0 bridgehead atoms. The molecule has 148 valence electrons. The van der Waals surface area contributed by atoms with E-state index in [1.54, 1.807) is 7.11 Å². The van der Waals surface area contributed by atoms with Crippen LogP contribution in [0.4, 0.5) is 5.13 Å². The van der Waals surface area contributed by atoms with Crippen LogP contribution in [-0.4, -0.2) is 65.5 Å². The zero-order chi connectivity index (χ0) is 18.4. The molecule has 3 rings (SSSR count). The van der Waals surface area contributed by atoms with E-state index in [0.29, 0.717) is 12.4 Å². The number of halogens is 1. The lowest BCUT2D eigenvalue weighted by atomic mass is 10.3. The molecule has 2 aromatic rings. The largest absolute Gasteiger partial charge is 0.481 e. The Labute approximate surface area is 181 Å². The van der Waals surface area contributed by atoms with Crippen molar-refractivity contribution >= 4 is 46.6 Å². The van der Waals surface area contributed by atoms with Crippen LogP contribution >= 0.6 is 35.5 Å². The fourth-order valence-corrected chi connectivity index (χ4v) is 3.60. The van der Waals surface area contributed by atoms with Crippen LogP contribution in [0.1, 0.15) is 18.4 Å². The SMILES string of the molecule is CCc1nsc(N2CCN(C(=NC)NCc3cccc(OC)n3)CC2)n1.I. The van der Waals surface area contributed by atoms with E-state index in [2.05, 4.69) is 41.4 Å². The molecule has 1 saturated heterocycles. The molecule has 0 saturated carbocycles. The van der Waals surface area contributed by atoms with Gasteiger partial charge in [-0.05, 0) is 6.07 Å². The van der Waals surface area contributed by atoms with Crippen molar-refractivity contribution in [2.75, 3.05) is 45.2 Å². The maximum Gasteiger partial charge on any atom is 0.213 e. The topological polar surface area (TPSA) is 78.8 Å². The number of anilines is 1. The number of aryl methyl sites for hydroxylation is 1. The van der Waals surface area contributed by atoms with Crippen molar-refractivity contribution in [1.82, 2.24) is 24.6 Å². The highest BCUT2D eigenvalue weighted by Gasteiger charge is 2.22. The number of aromatic nitrogens is 3. The van der Waals surface area contributed by atoms with E-state index >= 15 is 0 Å². The molecule has 0 amide bonds. The van der Waals surface area contributed by atoms with Crippen LogP contribution in [0, 0.1) is 0 Å². The number of rotatable bonds is 5. The summed E-state index contributed by atoms with van der Waals surface area (Å²) in [6.45, 7) is 6.31. The molecule has 0 atom stereocenters. The summed E-state index contributed by atoms with van der Waals surface area (Å²) in [6.07, 6.45) is 0.880. The monoisotopic (exact) mass is 503 g/mol. The number of nitrogens with one attached hydrogen (secondary N) is 1. The second-order valence-electron chi connectivity index (χ2n) is 5.89. The lowest BCUT2D eigenvalue weighted by Gasteiger charge is -2.36. The van der Waals surface area contributed by atoms with Crippen molar-refractivity contribution in [3.8, 4) is 5.88 Å². The molecule has 3 heterocycles. The van der Waals surface area contributed by atoms with Crippen LogP contribution in [-0.2, 0) is 13.0 Å². The van der Waals surface area contributed by atoms with E-state index in [1.165, 1.54) is 11.5 Å². The highest BCUT2D eigenvalue weighted by Crippen LogP contribution is 2.19. The smallest absolute Gasteiger partial charge is 0.213 e. The predicted octanol–water partition coefficient (Wildman–Crippen LogP) is 2.02. The Bertz CT molecular complexity index is 746. The first-order valence-corrected chi connectivity index (χ1v) is 9.54. The van der Waals surface area contributed by atoms with Crippen molar-refractivity contribution in [3.63, 3.8) is 0 Å². The quantitative estimate of drug-likeness (QED) is 0.380. The molecule has 8 nitrogen and oxygen atoms in total. The average molecular weight is 503 g/mol. The van der Waals surface area contributed by atoms with Gasteiger partial charge in [0.1, 0.15) is 5.82 Å². The molecule has 1 aliphatic rings. The number of nitrogens with zero attached hydrogens (tertiary/aromatic N) is 6. The van der Waals surface area contributed by atoms with Crippen LogP contribution in [0.25, 0.3) is 0 Å². The van der Waals surface area contributed by atoms with Gasteiger partial charge in [0, 0.05) is 57.2 Å². The lowest BCUT2D eigenvalue weighted by Crippen LogP contribution is -2.52. The predicted molar refractivity (Wildman–Crippen MR) is 119 cm³/mol. The number of guanidine groups is 1. The Kier molecular flexibility index (Phi) is 8.48. The molecular weight excluding hydrogens is 477 g/mol. The number of ether oxygens (including phenoxy) is 1. The van der Waals surface area contributed by atoms with Crippen molar-refractivity contribution in [2.45, 2.75) is 19.9 Å². The molecule has 2 aromatic heterocycles. The summed E-state index contributed by atoms with van der Waals surface area (Å²) in [7, 11) is 3.44. The zero-order valence-corrected chi connectivity index (χ0v) is 19.0. The fourth-order valence-electron chi connectivity index (χ4n) is 2.80. The third-order valence-electron chi connectivity index (χ3n) is 4.25. The summed E-state index contributed by atoms with van der Waals surface area (Å²) in [5.41, 5.74) is 0.921. The molecule has 0 unspecified atom stereocenters. The van der Waals surface area contributed by atoms with Gasteiger partial charge in [-0.1, -0.05) is 13.0 Å². The lowest BCUT2D eigenvalue weighted by molar-refractivity contribution is 0.371. The third-order valence-corrected chi connectivity index (χ3v) is 5.07. The van der Waals surface area contributed by atoms with Crippen LogP contribution in [0.5, 0.6) is 5.88 Å². The highest BCUT2D eigenvalue weighted by molar-refractivity contribution is 14.0. The normalized spacial score (nSPS) is 14.7. The number of piperazine rings is 1. The third kappa shape index (κ3) is 5.64. The standard InChI is InChI=1S/C17H25N7OS.HI/c1-4-14-21-17(26-22-14)24-10-8-23(9-11-24)16(18-2)19-12-13-6-5-7-15(20-13)25-3;/h5-7H,4,8-12H2,1-3H3,(H,18,19);1H. The number of hydrogen-bond acceptors (Lipinski definition) is 7. The maximum atomic E-state index is 5.17. The second kappa shape index (κ2) is 10.6. The minimum absolute atomic E-state index is 0. The van der Waals surface area contributed by atoms with Crippen LogP contribution in [0.3, 0.4) is 0 Å². The fraction of sp³-hybridized carbons (Fsp3) is 0.529. The molecule has 0 aromatic carbocycles. The van der Waals surface area contributed by atoms with Gasteiger partial charge in [-0.2, -0.15) is 4.37 Å². The summed E-state index contributed by atoms with van der Waals surface area (Å²) in [4.78, 5) is 18.0. The number of methoxy groups -OCH3 is 1. The van der Waals surface area contributed by atoms with E-state index in [9.17, 15) is 0 Å². The van der Waals surface area contributed by atoms with E-state index in [0.717, 1.165) is 55.2 Å². The van der Waals surface area contributed by atoms with E-state index < -0.39 is 0 Å². The molecule has 10 heteroatoms. The summed E-state index contributed by atoms with van der Waals surface area (Å²) in [5, 5.41) is 4.41. The zero-order valence-electron chi connectivity index (χ0n) is 15.9. The van der Waals surface area contributed by atoms with Gasteiger partial charge in [0.2, 0.25) is 11.0 Å². The average Bonchev–Trinajstić information content (AvgIpc) is 3.18. The van der Waals surface area contributed by atoms with Gasteiger partial charge in [0.15, 0.2) is 5.96 Å². The Hall–Kier alpha value is -1.69. The van der Waals surface area contributed by atoms with Crippen molar-refractivity contribution in [1.29, 1.82) is 0 Å². The number of hydrogen-bond donors (Lipinski definition) is 1. The molecule has 1 aliphatic heterocycles. The molecule has 0 aliphatic carbocycles. The van der Waals surface area contributed by atoms with Gasteiger partial charge in [0.25, 0.3) is 0 Å². The minimum atomic E-state index is 0. The summed E-state index contributed by atoms with van der Waals surface area (Å²) in [5.74, 6) is 2.44. The van der Waals surface area contributed by atoms with Crippen molar-refractivity contribution < 1.29 is 4.74 Å². The minimum Gasteiger partial charge on any atom is -0.481 e. The van der Waals surface area contributed by atoms with Crippen LogP contribution in [0.15, 0.2) is 23.2 Å². The van der Waals surface area contributed by atoms with E-state index in [4.69, 9.17) is 4.74 Å². The van der Waals surface area contributed by atoms with Gasteiger partial charge >= 0.3 is 0 Å². The molecule has 27 heavy (non-hydrogen) atoms.